The number of hydrogen-bond acceptors (Lipinski definition) is 1. The van der Waals surface area contributed by atoms with Crippen molar-refractivity contribution >= 4 is 17.6 Å². The normalized spacial score (nSPS) is 9.00. The summed E-state index contributed by atoms with van der Waals surface area (Å²) in [4.78, 5) is 9.80. The van der Waals surface area contributed by atoms with E-state index in [1.165, 1.54) is 12.0 Å². The van der Waals surface area contributed by atoms with Crippen molar-refractivity contribution in [3.8, 4) is 0 Å². The van der Waals surface area contributed by atoms with Crippen LogP contribution in [0.2, 0.25) is 0 Å². The van der Waals surface area contributed by atoms with Crippen molar-refractivity contribution in [3.63, 3.8) is 0 Å². The molecular weight excluding hydrogens is 164 g/mol. The molecule has 0 amide bonds. The summed E-state index contributed by atoms with van der Waals surface area (Å²) in [5, 5.41) is 8.06. The zero-order valence-corrected chi connectivity index (χ0v) is 7.77. The lowest BCUT2D eigenvalue weighted by molar-refractivity contribution is -0.136. The summed E-state index contributed by atoms with van der Waals surface area (Å²) in [6, 6.07) is 0. The molecule has 0 fully saturated rings. The third-order valence-corrected chi connectivity index (χ3v) is 0.792. The van der Waals surface area contributed by atoms with Crippen molar-refractivity contribution in [3.05, 3.63) is 11.6 Å². The van der Waals surface area contributed by atoms with Gasteiger partial charge in [0.05, 0.1) is 0 Å². The van der Waals surface area contributed by atoms with Gasteiger partial charge in [0, 0.05) is 12.0 Å². The molecule has 0 saturated carbocycles. The third kappa shape index (κ3) is 26.4. The number of allylic oxidation sites excluding steroid dienone is 1. The fourth-order valence-corrected chi connectivity index (χ4v) is 0.396. The topological polar surface area (TPSA) is 37.3 Å². The van der Waals surface area contributed by atoms with Gasteiger partial charge in [-0.1, -0.05) is 37.9 Å². The average Bonchev–Trinajstić information content (AvgIpc) is 1.89. The fraction of sp³-hybridized carbons (Fsp3) is 0.625. The Balaban J connectivity index is 0. The Hall–Kier alpha value is -0.500. The van der Waals surface area contributed by atoms with Gasteiger partial charge < -0.3 is 5.11 Å². The quantitative estimate of drug-likeness (QED) is 0.722. The highest BCUT2D eigenvalue weighted by Crippen LogP contribution is 1.90. The summed E-state index contributed by atoms with van der Waals surface area (Å²) in [7, 11) is 0. The molecule has 2 nitrogen and oxygen atoms in total. The van der Waals surface area contributed by atoms with Crippen LogP contribution >= 0.6 is 11.6 Å². The lowest BCUT2D eigenvalue weighted by atomic mass is 10.3. The van der Waals surface area contributed by atoms with Crippen molar-refractivity contribution in [2.45, 2.75) is 33.1 Å². The van der Waals surface area contributed by atoms with Crippen molar-refractivity contribution < 1.29 is 9.90 Å². The summed E-state index contributed by atoms with van der Waals surface area (Å²) in [5.74, 6) is -0.792. The van der Waals surface area contributed by atoms with Crippen molar-refractivity contribution in [2.24, 2.45) is 0 Å². The second-order valence-corrected chi connectivity index (χ2v) is 2.25. The van der Waals surface area contributed by atoms with E-state index >= 15 is 0 Å². The van der Waals surface area contributed by atoms with Crippen LogP contribution in [0.25, 0.3) is 0 Å². The molecule has 0 radical (unpaired) electrons. The van der Waals surface area contributed by atoms with Gasteiger partial charge in [0.1, 0.15) is 0 Å². The van der Waals surface area contributed by atoms with E-state index in [2.05, 4.69) is 13.8 Å². The van der Waals surface area contributed by atoms with Gasteiger partial charge in [-0.3, -0.25) is 4.79 Å². The predicted molar refractivity (Wildman–Crippen MR) is 47.8 cm³/mol. The van der Waals surface area contributed by atoms with Crippen LogP contribution in [0.3, 0.4) is 0 Å². The smallest absolute Gasteiger partial charge is 0.303 e. The summed E-state index contributed by atoms with van der Waals surface area (Å²) in [6.45, 7) is 4.25. The molecule has 0 rings (SSSR count). The van der Waals surface area contributed by atoms with Crippen molar-refractivity contribution in [1.29, 1.82) is 0 Å². The van der Waals surface area contributed by atoms with E-state index in [0.29, 0.717) is 6.42 Å². The molecule has 0 aliphatic carbocycles. The molecule has 0 bridgehead atoms. The Morgan fingerprint density at radius 2 is 2.00 bits per heavy atom. The number of carboxylic acids is 1. The number of halogens is 1. The number of carbonyl (C=O) groups is 1. The van der Waals surface area contributed by atoms with E-state index < -0.39 is 5.97 Å². The van der Waals surface area contributed by atoms with E-state index in [1.807, 2.05) is 0 Å². The first-order valence-corrected chi connectivity index (χ1v) is 4.09. The molecule has 11 heavy (non-hydrogen) atoms. The van der Waals surface area contributed by atoms with Gasteiger partial charge >= 0.3 is 5.97 Å². The third-order valence-electron chi connectivity index (χ3n) is 0.614. The minimum absolute atomic E-state index is 0.156. The maximum Gasteiger partial charge on any atom is 0.303 e. The maximum atomic E-state index is 9.80. The van der Waals surface area contributed by atoms with Gasteiger partial charge in [0.25, 0.3) is 0 Å². The summed E-state index contributed by atoms with van der Waals surface area (Å²) >= 11 is 5.11. The zero-order chi connectivity index (χ0) is 9.11. The highest BCUT2D eigenvalue weighted by atomic mass is 35.5. The molecule has 0 aromatic carbocycles. The summed E-state index contributed by atoms with van der Waals surface area (Å²) in [6.07, 6.45) is 3.53. The van der Waals surface area contributed by atoms with Crippen LogP contribution in [-0.4, -0.2) is 11.1 Å². The van der Waals surface area contributed by atoms with Crippen molar-refractivity contribution in [2.75, 3.05) is 0 Å². The highest BCUT2D eigenvalue weighted by Gasteiger charge is 1.90. The van der Waals surface area contributed by atoms with Crippen LogP contribution in [0.4, 0.5) is 0 Å². The standard InChI is InChI=1S/C5H7ClO2.C3H8/c6-4-2-1-3-5(7)8;1-3-2/h2,4H,1,3H2,(H,7,8);3H2,1-2H3/b4-2+;. The zero-order valence-electron chi connectivity index (χ0n) is 7.01. The van der Waals surface area contributed by atoms with Crippen LogP contribution in [0.5, 0.6) is 0 Å². The minimum atomic E-state index is -0.792. The Kier molecular flexibility index (Phi) is 14.5. The number of carboxylic acid groups (broad SMARTS) is 1. The summed E-state index contributed by atoms with van der Waals surface area (Å²) in [5.41, 5.74) is 1.32. The molecule has 0 saturated heterocycles. The van der Waals surface area contributed by atoms with Crippen LogP contribution in [-0.2, 0) is 4.79 Å². The molecular formula is C8H15ClO2. The molecule has 0 unspecified atom stereocenters. The van der Waals surface area contributed by atoms with Gasteiger partial charge in [0.15, 0.2) is 0 Å². The highest BCUT2D eigenvalue weighted by molar-refractivity contribution is 6.25. The van der Waals surface area contributed by atoms with E-state index in [-0.39, 0.29) is 6.42 Å². The monoisotopic (exact) mass is 178 g/mol. The Morgan fingerprint density at radius 1 is 1.55 bits per heavy atom. The molecule has 0 aliphatic rings. The second-order valence-electron chi connectivity index (χ2n) is 2.00. The lowest BCUT2D eigenvalue weighted by Crippen LogP contribution is -1.91. The average molecular weight is 179 g/mol. The van der Waals surface area contributed by atoms with E-state index in [4.69, 9.17) is 16.7 Å². The molecule has 0 aliphatic heterocycles. The van der Waals surface area contributed by atoms with E-state index in [0.717, 1.165) is 0 Å². The first-order valence-electron chi connectivity index (χ1n) is 3.66. The SMILES string of the molecule is CCC.O=C(O)CC/C=C/Cl. The Morgan fingerprint density at radius 3 is 2.27 bits per heavy atom. The first kappa shape index (κ1) is 13.1. The molecule has 0 heterocycles. The first-order chi connectivity index (χ1) is 5.18. The predicted octanol–water partition coefficient (Wildman–Crippen LogP) is 3.02. The van der Waals surface area contributed by atoms with Gasteiger partial charge in [0.2, 0.25) is 0 Å². The Bertz CT molecular complexity index is 111. The fourth-order valence-electron chi connectivity index (χ4n) is 0.270. The molecule has 0 aromatic heterocycles. The number of hydrogen-bond donors (Lipinski definition) is 1. The number of aliphatic carboxylic acids is 1. The maximum absolute atomic E-state index is 9.80. The molecule has 66 valence electrons. The molecule has 1 N–H and O–H groups in total. The Labute approximate surface area is 72.9 Å². The van der Waals surface area contributed by atoms with Crippen LogP contribution in [0.15, 0.2) is 11.6 Å². The van der Waals surface area contributed by atoms with Crippen molar-refractivity contribution in [1.82, 2.24) is 0 Å². The van der Waals surface area contributed by atoms with Crippen LogP contribution in [0, 0.1) is 0 Å². The molecule has 0 atom stereocenters. The molecule has 0 aromatic rings. The van der Waals surface area contributed by atoms with Gasteiger partial charge in [-0.2, -0.15) is 0 Å². The second kappa shape index (κ2) is 12.2. The van der Waals surface area contributed by atoms with E-state index in [9.17, 15) is 4.79 Å². The van der Waals surface area contributed by atoms with Gasteiger partial charge in [-0.05, 0) is 6.42 Å². The van der Waals surface area contributed by atoms with Gasteiger partial charge in [-0.25, -0.2) is 0 Å². The summed E-state index contributed by atoms with van der Waals surface area (Å²) < 4.78 is 0. The minimum Gasteiger partial charge on any atom is -0.481 e. The molecule has 3 heteroatoms. The molecule has 0 spiro atoms. The van der Waals surface area contributed by atoms with Crippen LogP contribution in [0.1, 0.15) is 33.1 Å². The largest absolute Gasteiger partial charge is 0.481 e. The van der Waals surface area contributed by atoms with Crippen LogP contribution < -0.4 is 0 Å². The van der Waals surface area contributed by atoms with E-state index in [1.54, 1.807) is 6.08 Å². The van der Waals surface area contributed by atoms with Gasteiger partial charge in [-0.15, -0.1) is 0 Å². The number of rotatable bonds is 3. The lowest BCUT2D eigenvalue weighted by Gasteiger charge is -1.83.